The molecule has 0 heterocycles. The molecule has 26 heavy (non-hydrogen) atoms. The molecule has 2 amide bonds. The zero-order valence-corrected chi connectivity index (χ0v) is 15.6. The van der Waals surface area contributed by atoms with E-state index in [0.717, 1.165) is 5.56 Å². The fraction of sp³-hybridized carbons (Fsp3) is 0.222. The van der Waals surface area contributed by atoms with Crippen molar-refractivity contribution in [3.05, 3.63) is 64.9 Å². The highest BCUT2D eigenvalue weighted by Gasteiger charge is 2.15. The smallest absolute Gasteiger partial charge is 0.279 e. The molecule has 0 bridgehead atoms. The molecule has 2 N–H and O–H groups in total. The van der Waals surface area contributed by atoms with Gasteiger partial charge in [-0.15, -0.1) is 11.8 Å². The maximum Gasteiger partial charge on any atom is 0.279 e. The summed E-state index contributed by atoms with van der Waals surface area (Å²) in [6.45, 7) is 1.53. The van der Waals surface area contributed by atoms with E-state index < -0.39 is 17.8 Å². The van der Waals surface area contributed by atoms with E-state index in [9.17, 15) is 14.0 Å². The third-order valence-electron chi connectivity index (χ3n) is 3.21. The van der Waals surface area contributed by atoms with Gasteiger partial charge in [-0.05, 0) is 48.9 Å². The summed E-state index contributed by atoms with van der Waals surface area (Å²) in [4.78, 5) is 23.7. The Morgan fingerprint density at radius 2 is 1.92 bits per heavy atom. The first-order valence-corrected chi connectivity index (χ1v) is 9.30. The Labute approximate surface area is 160 Å². The fourth-order valence-corrected chi connectivity index (χ4v) is 2.92. The number of hydrogen-bond acceptors (Lipinski definition) is 4. The largest absolute Gasteiger partial charge is 0.481 e. The molecular weight excluding hydrogens is 379 g/mol. The van der Waals surface area contributed by atoms with Gasteiger partial charge in [0.05, 0.1) is 5.75 Å². The Balaban J connectivity index is 1.67. The van der Waals surface area contributed by atoms with Crippen LogP contribution in [0.5, 0.6) is 5.75 Å². The molecule has 0 aliphatic heterocycles. The second-order valence-electron chi connectivity index (χ2n) is 5.37. The Kier molecular flexibility index (Phi) is 7.74. The molecule has 0 saturated carbocycles. The van der Waals surface area contributed by atoms with Gasteiger partial charge in [0, 0.05) is 10.8 Å². The van der Waals surface area contributed by atoms with E-state index in [2.05, 4.69) is 10.9 Å². The van der Waals surface area contributed by atoms with Crippen LogP contribution >= 0.6 is 23.4 Å². The van der Waals surface area contributed by atoms with Crippen molar-refractivity contribution in [2.45, 2.75) is 18.8 Å². The Hall–Kier alpha value is -2.25. The van der Waals surface area contributed by atoms with Gasteiger partial charge < -0.3 is 4.74 Å². The molecule has 5 nitrogen and oxygen atoms in total. The highest BCUT2D eigenvalue weighted by Crippen LogP contribution is 2.16. The number of rotatable bonds is 7. The number of halogens is 2. The van der Waals surface area contributed by atoms with Crippen LogP contribution in [-0.2, 0) is 15.3 Å². The van der Waals surface area contributed by atoms with Gasteiger partial charge in [-0.1, -0.05) is 23.7 Å². The Morgan fingerprint density at radius 1 is 1.19 bits per heavy atom. The molecule has 0 spiro atoms. The molecule has 1 unspecified atom stereocenters. The van der Waals surface area contributed by atoms with Gasteiger partial charge >= 0.3 is 0 Å². The maximum atomic E-state index is 12.8. The summed E-state index contributed by atoms with van der Waals surface area (Å²) in [6.07, 6.45) is -0.847. The summed E-state index contributed by atoms with van der Waals surface area (Å²) >= 11 is 7.30. The van der Waals surface area contributed by atoms with Crippen LogP contribution in [0.15, 0.2) is 48.5 Å². The number of carbonyl (C=O) groups excluding carboxylic acids is 2. The quantitative estimate of drug-likeness (QED) is 0.704. The van der Waals surface area contributed by atoms with Gasteiger partial charge in [0.2, 0.25) is 5.91 Å². The minimum atomic E-state index is -0.847. The highest BCUT2D eigenvalue weighted by atomic mass is 35.5. The van der Waals surface area contributed by atoms with Crippen molar-refractivity contribution >= 4 is 35.2 Å². The molecule has 138 valence electrons. The van der Waals surface area contributed by atoms with Crippen LogP contribution in [0.3, 0.4) is 0 Å². The molecule has 0 saturated heterocycles. The van der Waals surface area contributed by atoms with Gasteiger partial charge in [0.1, 0.15) is 11.6 Å². The number of amides is 2. The van der Waals surface area contributed by atoms with E-state index >= 15 is 0 Å². The molecule has 0 aromatic heterocycles. The van der Waals surface area contributed by atoms with Crippen LogP contribution < -0.4 is 15.6 Å². The number of hydrogen-bond donors (Lipinski definition) is 2. The molecule has 0 radical (unpaired) electrons. The van der Waals surface area contributed by atoms with Crippen LogP contribution in [0, 0.1) is 5.82 Å². The van der Waals surface area contributed by atoms with Crippen LogP contribution in [-0.4, -0.2) is 23.7 Å². The first kappa shape index (κ1) is 20.1. The minimum absolute atomic E-state index is 0.181. The Bertz CT molecular complexity index is 758. The lowest BCUT2D eigenvalue weighted by Gasteiger charge is -2.15. The number of thioether (sulfide) groups is 1. The second-order valence-corrected chi connectivity index (χ2v) is 6.80. The van der Waals surface area contributed by atoms with Crippen LogP contribution in [0.25, 0.3) is 0 Å². The van der Waals surface area contributed by atoms with Crippen LogP contribution in [0.1, 0.15) is 12.5 Å². The normalized spacial score (nSPS) is 11.5. The van der Waals surface area contributed by atoms with Gasteiger partial charge in [-0.3, -0.25) is 20.4 Å². The van der Waals surface area contributed by atoms with E-state index in [1.165, 1.54) is 43.0 Å². The summed E-state index contributed by atoms with van der Waals surface area (Å²) in [5.74, 6) is -0.0669. The highest BCUT2D eigenvalue weighted by molar-refractivity contribution is 7.99. The lowest BCUT2D eigenvalue weighted by Crippen LogP contribution is -2.47. The molecule has 8 heteroatoms. The molecule has 2 aromatic carbocycles. The number of carbonyl (C=O) groups is 2. The summed E-state index contributed by atoms with van der Waals surface area (Å²) in [6, 6.07) is 12.7. The minimum Gasteiger partial charge on any atom is -0.481 e. The third kappa shape index (κ3) is 6.93. The topological polar surface area (TPSA) is 67.4 Å². The molecule has 2 aromatic rings. The second kappa shape index (κ2) is 10.0. The first-order chi connectivity index (χ1) is 12.4. The maximum absolute atomic E-state index is 12.8. The van der Waals surface area contributed by atoms with Crippen LogP contribution in [0.2, 0.25) is 5.02 Å². The van der Waals surface area contributed by atoms with Crippen molar-refractivity contribution in [1.29, 1.82) is 0 Å². The monoisotopic (exact) mass is 396 g/mol. The van der Waals surface area contributed by atoms with Gasteiger partial charge in [0.25, 0.3) is 5.91 Å². The summed E-state index contributed by atoms with van der Waals surface area (Å²) in [7, 11) is 0. The molecule has 0 fully saturated rings. The van der Waals surface area contributed by atoms with E-state index in [1.807, 2.05) is 18.2 Å². The predicted molar refractivity (Wildman–Crippen MR) is 100 cm³/mol. The first-order valence-electron chi connectivity index (χ1n) is 7.77. The van der Waals surface area contributed by atoms with Gasteiger partial charge in [-0.25, -0.2) is 4.39 Å². The lowest BCUT2D eigenvalue weighted by atomic mass is 10.2. The average molecular weight is 397 g/mol. The van der Waals surface area contributed by atoms with E-state index in [0.29, 0.717) is 16.5 Å². The van der Waals surface area contributed by atoms with Gasteiger partial charge in [-0.2, -0.15) is 0 Å². The number of nitrogens with one attached hydrogen (secondary N) is 2. The van der Waals surface area contributed by atoms with Gasteiger partial charge in [0.15, 0.2) is 6.10 Å². The molecule has 0 aliphatic carbocycles. The molecule has 0 aliphatic rings. The standard InChI is InChI=1S/C18H18ClFN2O3S/c1-12(25-16-7-5-15(20)6-8-16)18(24)22-21-17(23)11-26-10-13-3-2-4-14(19)9-13/h2-9,12H,10-11H2,1H3,(H,21,23)(H,22,24). The summed E-state index contributed by atoms with van der Waals surface area (Å²) in [5, 5.41) is 0.648. The predicted octanol–water partition coefficient (Wildman–Crippen LogP) is 3.33. The van der Waals surface area contributed by atoms with E-state index in [1.54, 1.807) is 6.07 Å². The summed E-state index contributed by atoms with van der Waals surface area (Å²) < 4.78 is 18.2. The van der Waals surface area contributed by atoms with Crippen molar-refractivity contribution in [3.63, 3.8) is 0 Å². The summed E-state index contributed by atoms with van der Waals surface area (Å²) in [5.41, 5.74) is 5.64. The van der Waals surface area contributed by atoms with Crippen molar-refractivity contribution in [2.24, 2.45) is 0 Å². The van der Waals surface area contributed by atoms with E-state index in [4.69, 9.17) is 16.3 Å². The number of ether oxygens (including phenoxy) is 1. The van der Waals surface area contributed by atoms with Crippen molar-refractivity contribution < 1.29 is 18.7 Å². The van der Waals surface area contributed by atoms with Crippen molar-refractivity contribution in [3.8, 4) is 5.75 Å². The zero-order chi connectivity index (χ0) is 18.9. The zero-order valence-electron chi connectivity index (χ0n) is 14.0. The number of benzene rings is 2. The average Bonchev–Trinajstić information content (AvgIpc) is 2.61. The SMILES string of the molecule is CC(Oc1ccc(F)cc1)C(=O)NNC(=O)CSCc1cccc(Cl)c1. The van der Waals surface area contributed by atoms with Crippen LogP contribution in [0.4, 0.5) is 4.39 Å². The third-order valence-corrected chi connectivity index (χ3v) is 4.45. The Morgan fingerprint density at radius 3 is 2.62 bits per heavy atom. The van der Waals surface area contributed by atoms with Crippen molar-refractivity contribution in [2.75, 3.05) is 5.75 Å². The molecular formula is C18H18ClFN2O3S. The molecule has 2 rings (SSSR count). The van der Waals surface area contributed by atoms with E-state index in [-0.39, 0.29) is 11.7 Å². The fourth-order valence-electron chi connectivity index (χ4n) is 1.93. The van der Waals surface area contributed by atoms with Crippen molar-refractivity contribution in [1.82, 2.24) is 10.9 Å². The molecule has 1 atom stereocenters. The number of hydrazine groups is 1. The lowest BCUT2D eigenvalue weighted by molar-refractivity contribution is -0.131.